The SMILES string of the molecule is C=C(/C=C(\C)C(=O)OC)c1cnc(C2CCOCC2)[nH]1. The highest BCUT2D eigenvalue weighted by molar-refractivity contribution is 5.91. The van der Waals surface area contributed by atoms with Gasteiger partial charge in [-0.3, -0.25) is 0 Å². The van der Waals surface area contributed by atoms with Crippen LogP contribution in [0.3, 0.4) is 0 Å². The average Bonchev–Trinajstić information content (AvgIpc) is 2.97. The predicted octanol–water partition coefficient (Wildman–Crippen LogP) is 2.44. The van der Waals surface area contributed by atoms with Gasteiger partial charge in [0.2, 0.25) is 0 Å². The molecule has 0 radical (unpaired) electrons. The van der Waals surface area contributed by atoms with Gasteiger partial charge in [0.15, 0.2) is 0 Å². The Balaban J connectivity index is 2.08. The summed E-state index contributed by atoms with van der Waals surface area (Å²) in [7, 11) is 1.36. The Kier molecular flexibility index (Phi) is 4.74. The van der Waals surface area contributed by atoms with Crippen LogP contribution in [0.5, 0.6) is 0 Å². The maximum absolute atomic E-state index is 11.4. The number of hydrogen-bond donors (Lipinski definition) is 1. The van der Waals surface area contributed by atoms with Gasteiger partial charge in [-0.25, -0.2) is 9.78 Å². The number of allylic oxidation sites excluding steroid dienone is 2. The minimum Gasteiger partial charge on any atom is -0.466 e. The van der Waals surface area contributed by atoms with Crippen LogP contribution in [0.1, 0.15) is 37.2 Å². The number of hydrogen-bond acceptors (Lipinski definition) is 4. The third kappa shape index (κ3) is 3.36. The van der Waals surface area contributed by atoms with E-state index < -0.39 is 0 Å². The zero-order chi connectivity index (χ0) is 14.5. The van der Waals surface area contributed by atoms with Gasteiger partial charge in [-0.15, -0.1) is 0 Å². The number of nitrogens with zero attached hydrogens (tertiary/aromatic N) is 1. The smallest absolute Gasteiger partial charge is 0.333 e. The number of methoxy groups -OCH3 is 1. The number of esters is 1. The molecule has 0 aromatic carbocycles. The number of aromatic amines is 1. The lowest BCUT2D eigenvalue weighted by Gasteiger charge is -2.19. The summed E-state index contributed by atoms with van der Waals surface area (Å²) < 4.78 is 10.0. The fraction of sp³-hybridized carbons (Fsp3) is 0.467. The van der Waals surface area contributed by atoms with E-state index in [1.54, 1.807) is 19.2 Å². The highest BCUT2D eigenvalue weighted by Crippen LogP contribution is 2.25. The topological polar surface area (TPSA) is 64.2 Å². The molecule has 108 valence electrons. The summed E-state index contributed by atoms with van der Waals surface area (Å²) in [5.41, 5.74) is 2.06. The van der Waals surface area contributed by atoms with E-state index >= 15 is 0 Å². The van der Waals surface area contributed by atoms with E-state index in [1.165, 1.54) is 7.11 Å². The second kappa shape index (κ2) is 6.52. The van der Waals surface area contributed by atoms with Crippen LogP contribution in [0.15, 0.2) is 24.4 Å². The zero-order valence-corrected chi connectivity index (χ0v) is 11.9. The maximum atomic E-state index is 11.4. The Labute approximate surface area is 118 Å². The van der Waals surface area contributed by atoms with E-state index in [4.69, 9.17) is 4.74 Å². The molecule has 1 aromatic rings. The lowest BCUT2D eigenvalue weighted by molar-refractivity contribution is -0.136. The van der Waals surface area contributed by atoms with Gasteiger partial charge in [-0.2, -0.15) is 0 Å². The highest BCUT2D eigenvalue weighted by atomic mass is 16.5. The molecule has 20 heavy (non-hydrogen) atoms. The number of carbonyl (C=O) groups excluding carboxylic acids is 1. The molecule has 1 aliphatic rings. The summed E-state index contributed by atoms with van der Waals surface area (Å²) in [4.78, 5) is 19.1. The Morgan fingerprint density at radius 3 is 2.90 bits per heavy atom. The fourth-order valence-electron chi connectivity index (χ4n) is 2.24. The molecule has 0 saturated carbocycles. The molecule has 0 atom stereocenters. The quantitative estimate of drug-likeness (QED) is 0.521. The first-order chi connectivity index (χ1) is 9.61. The van der Waals surface area contributed by atoms with Crippen LogP contribution in [-0.2, 0) is 14.3 Å². The van der Waals surface area contributed by atoms with E-state index in [0.29, 0.717) is 11.5 Å². The number of imidazole rings is 1. The van der Waals surface area contributed by atoms with Gasteiger partial charge < -0.3 is 14.5 Å². The number of aromatic nitrogens is 2. The molecule has 0 spiro atoms. The molecule has 5 nitrogen and oxygen atoms in total. The first-order valence-corrected chi connectivity index (χ1v) is 6.70. The van der Waals surface area contributed by atoms with Crippen molar-refractivity contribution >= 4 is 11.5 Å². The van der Waals surface area contributed by atoms with Gasteiger partial charge in [0.25, 0.3) is 0 Å². The van der Waals surface area contributed by atoms with Crippen LogP contribution in [0.2, 0.25) is 0 Å². The van der Waals surface area contributed by atoms with E-state index in [2.05, 4.69) is 21.3 Å². The molecule has 1 aromatic heterocycles. The fourth-order valence-corrected chi connectivity index (χ4v) is 2.24. The summed E-state index contributed by atoms with van der Waals surface area (Å²) >= 11 is 0. The highest BCUT2D eigenvalue weighted by Gasteiger charge is 2.19. The van der Waals surface area contributed by atoms with Crippen molar-refractivity contribution < 1.29 is 14.3 Å². The number of rotatable bonds is 4. The lowest BCUT2D eigenvalue weighted by Crippen LogP contribution is -2.15. The molecule has 5 heteroatoms. The molecule has 0 amide bonds. The Morgan fingerprint density at radius 1 is 1.55 bits per heavy atom. The third-order valence-electron chi connectivity index (χ3n) is 3.45. The van der Waals surface area contributed by atoms with Crippen molar-refractivity contribution in [1.29, 1.82) is 0 Å². The number of carbonyl (C=O) groups is 1. The second-order valence-corrected chi connectivity index (χ2v) is 4.91. The summed E-state index contributed by atoms with van der Waals surface area (Å²) in [6.07, 6.45) is 5.42. The summed E-state index contributed by atoms with van der Waals surface area (Å²) in [5, 5.41) is 0. The summed E-state index contributed by atoms with van der Waals surface area (Å²) in [5.74, 6) is 1.03. The predicted molar refractivity (Wildman–Crippen MR) is 76.2 cm³/mol. The van der Waals surface area contributed by atoms with Crippen molar-refractivity contribution in [3.05, 3.63) is 35.9 Å². The van der Waals surface area contributed by atoms with Crippen LogP contribution in [0.4, 0.5) is 0 Å². The third-order valence-corrected chi connectivity index (χ3v) is 3.45. The van der Waals surface area contributed by atoms with Crippen molar-refractivity contribution in [3.8, 4) is 0 Å². The van der Waals surface area contributed by atoms with Gasteiger partial charge in [0.1, 0.15) is 5.82 Å². The van der Waals surface area contributed by atoms with Crippen LogP contribution < -0.4 is 0 Å². The van der Waals surface area contributed by atoms with Gasteiger partial charge in [0.05, 0.1) is 19.0 Å². The number of nitrogens with one attached hydrogen (secondary N) is 1. The maximum Gasteiger partial charge on any atom is 0.333 e. The molecule has 0 bridgehead atoms. The molecule has 1 N–H and O–H groups in total. The van der Waals surface area contributed by atoms with Crippen molar-refractivity contribution in [2.45, 2.75) is 25.7 Å². The normalized spacial score (nSPS) is 17.0. The first-order valence-electron chi connectivity index (χ1n) is 6.70. The number of ether oxygens (including phenoxy) is 2. The monoisotopic (exact) mass is 276 g/mol. The van der Waals surface area contributed by atoms with Crippen molar-refractivity contribution in [2.75, 3.05) is 20.3 Å². The lowest BCUT2D eigenvalue weighted by atomic mass is 10.00. The van der Waals surface area contributed by atoms with E-state index in [0.717, 1.165) is 43.1 Å². The molecule has 2 heterocycles. The van der Waals surface area contributed by atoms with Gasteiger partial charge in [0, 0.05) is 24.7 Å². The van der Waals surface area contributed by atoms with Crippen LogP contribution in [-0.4, -0.2) is 36.3 Å². The van der Waals surface area contributed by atoms with Gasteiger partial charge in [-0.05, 0) is 31.4 Å². The average molecular weight is 276 g/mol. The van der Waals surface area contributed by atoms with Crippen LogP contribution in [0, 0.1) is 0 Å². The Bertz CT molecular complexity index is 525. The molecule has 1 saturated heterocycles. The Morgan fingerprint density at radius 2 is 2.25 bits per heavy atom. The van der Waals surface area contributed by atoms with Crippen molar-refractivity contribution in [3.63, 3.8) is 0 Å². The van der Waals surface area contributed by atoms with Crippen molar-refractivity contribution in [1.82, 2.24) is 9.97 Å². The molecular formula is C15H20N2O3. The molecule has 0 aliphatic carbocycles. The molecule has 1 fully saturated rings. The first kappa shape index (κ1) is 14.5. The molecule has 0 unspecified atom stereocenters. The van der Waals surface area contributed by atoms with Crippen molar-refractivity contribution in [2.24, 2.45) is 0 Å². The largest absolute Gasteiger partial charge is 0.466 e. The standard InChI is InChI=1S/C15H20N2O3/c1-10(8-11(2)15(18)19-3)13-9-16-14(17-13)12-4-6-20-7-5-12/h8-9,12H,1,4-7H2,2-3H3,(H,16,17)/b11-8+. The van der Waals surface area contributed by atoms with Gasteiger partial charge in [-0.1, -0.05) is 6.58 Å². The number of H-pyrrole nitrogens is 1. The van der Waals surface area contributed by atoms with Crippen LogP contribution in [0.25, 0.3) is 5.57 Å². The van der Waals surface area contributed by atoms with E-state index in [9.17, 15) is 4.79 Å². The minimum absolute atomic E-state index is 0.352. The van der Waals surface area contributed by atoms with E-state index in [-0.39, 0.29) is 5.97 Å². The Hall–Kier alpha value is -1.88. The molecule has 1 aliphatic heterocycles. The summed E-state index contributed by atoms with van der Waals surface area (Å²) in [6, 6.07) is 0. The second-order valence-electron chi connectivity index (χ2n) is 4.91. The molecular weight excluding hydrogens is 256 g/mol. The molecule has 2 rings (SSSR count). The van der Waals surface area contributed by atoms with E-state index in [1.807, 2.05) is 0 Å². The minimum atomic E-state index is -0.352. The summed E-state index contributed by atoms with van der Waals surface area (Å²) in [6.45, 7) is 7.22. The van der Waals surface area contributed by atoms with Gasteiger partial charge >= 0.3 is 5.97 Å². The zero-order valence-electron chi connectivity index (χ0n) is 11.9. The van der Waals surface area contributed by atoms with Crippen LogP contribution >= 0.6 is 0 Å².